The number of benzene rings is 1. The Kier molecular flexibility index (Phi) is 4.72. The molecule has 0 nitrogen and oxygen atoms in total. The summed E-state index contributed by atoms with van der Waals surface area (Å²) in [6.45, 7) is 6.79. The van der Waals surface area contributed by atoms with Crippen LogP contribution in [-0.2, 0) is 12.8 Å². The quantitative estimate of drug-likeness (QED) is 0.652. The Morgan fingerprint density at radius 2 is 1.57 bits per heavy atom. The maximum Gasteiger partial charge on any atom is -0.0279 e. The van der Waals surface area contributed by atoms with E-state index in [0.717, 1.165) is 12.3 Å². The fourth-order valence-corrected chi connectivity index (χ4v) is 1.66. The number of hydrogen-bond acceptors (Lipinski definition) is 0. The summed E-state index contributed by atoms with van der Waals surface area (Å²) in [7, 11) is 0. The van der Waals surface area contributed by atoms with E-state index in [1.54, 1.807) is 0 Å². The first-order chi connectivity index (χ1) is 6.72. The van der Waals surface area contributed by atoms with Crippen LogP contribution in [0.5, 0.6) is 0 Å². The molecule has 0 amide bonds. The van der Waals surface area contributed by atoms with Crippen molar-refractivity contribution in [1.82, 2.24) is 0 Å². The lowest BCUT2D eigenvalue weighted by Crippen LogP contribution is -1.91. The van der Waals surface area contributed by atoms with Gasteiger partial charge in [0.2, 0.25) is 0 Å². The van der Waals surface area contributed by atoms with Gasteiger partial charge in [0, 0.05) is 0 Å². The van der Waals surface area contributed by atoms with Crippen LogP contribution < -0.4 is 0 Å². The summed E-state index contributed by atoms with van der Waals surface area (Å²) in [5.41, 5.74) is 2.93. The highest BCUT2D eigenvalue weighted by Crippen LogP contribution is 2.11. The summed E-state index contributed by atoms with van der Waals surface area (Å²) in [5.74, 6) is 0.838. The molecule has 0 heterocycles. The van der Waals surface area contributed by atoms with Gasteiger partial charge in [0.1, 0.15) is 0 Å². The van der Waals surface area contributed by atoms with Crippen molar-refractivity contribution in [3.05, 3.63) is 35.4 Å². The first kappa shape index (κ1) is 11.3. The van der Waals surface area contributed by atoms with Gasteiger partial charge in [-0.2, -0.15) is 0 Å². The average molecular weight is 190 g/mol. The molecule has 0 spiro atoms. The van der Waals surface area contributed by atoms with Gasteiger partial charge in [-0.05, 0) is 36.3 Å². The minimum atomic E-state index is 0.838. The van der Waals surface area contributed by atoms with E-state index in [0.29, 0.717) is 0 Å². The van der Waals surface area contributed by atoms with Gasteiger partial charge in [0.25, 0.3) is 0 Å². The van der Waals surface area contributed by atoms with Crippen LogP contribution in [0.25, 0.3) is 0 Å². The SMILES string of the molecule is CCc1ccc(CCCC(C)C)cc1. The van der Waals surface area contributed by atoms with Crippen molar-refractivity contribution in [3.63, 3.8) is 0 Å². The summed E-state index contributed by atoms with van der Waals surface area (Å²) in [6, 6.07) is 9.06. The molecule has 0 aliphatic carbocycles. The zero-order valence-corrected chi connectivity index (χ0v) is 9.72. The number of aryl methyl sites for hydroxylation is 2. The molecule has 0 aliphatic heterocycles. The van der Waals surface area contributed by atoms with Gasteiger partial charge in [-0.1, -0.05) is 51.5 Å². The van der Waals surface area contributed by atoms with Crippen LogP contribution in [0.4, 0.5) is 0 Å². The van der Waals surface area contributed by atoms with Gasteiger partial charge < -0.3 is 0 Å². The third-order valence-corrected chi connectivity index (χ3v) is 2.68. The molecule has 0 aromatic heterocycles. The summed E-state index contributed by atoms with van der Waals surface area (Å²) >= 11 is 0. The van der Waals surface area contributed by atoms with Gasteiger partial charge in [0.05, 0.1) is 0 Å². The highest BCUT2D eigenvalue weighted by atomic mass is 14.0. The van der Waals surface area contributed by atoms with Gasteiger partial charge in [-0.3, -0.25) is 0 Å². The molecule has 78 valence electrons. The Bertz CT molecular complexity index is 243. The van der Waals surface area contributed by atoms with E-state index in [1.807, 2.05) is 0 Å². The van der Waals surface area contributed by atoms with E-state index >= 15 is 0 Å². The van der Waals surface area contributed by atoms with E-state index in [-0.39, 0.29) is 0 Å². The van der Waals surface area contributed by atoms with E-state index in [1.165, 1.54) is 30.4 Å². The van der Waals surface area contributed by atoms with E-state index < -0.39 is 0 Å². The van der Waals surface area contributed by atoms with Crippen LogP contribution in [0.2, 0.25) is 0 Å². The minimum absolute atomic E-state index is 0.838. The third-order valence-electron chi connectivity index (χ3n) is 2.68. The van der Waals surface area contributed by atoms with Crippen LogP contribution in [0.1, 0.15) is 44.7 Å². The van der Waals surface area contributed by atoms with E-state index in [4.69, 9.17) is 0 Å². The van der Waals surface area contributed by atoms with Gasteiger partial charge >= 0.3 is 0 Å². The molecule has 0 aliphatic rings. The first-order valence-electron chi connectivity index (χ1n) is 5.80. The summed E-state index contributed by atoms with van der Waals surface area (Å²) in [5, 5.41) is 0. The maximum atomic E-state index is 2.29. The predicted molar refractivity (Wildman–Crippen MR) is 63.6 cm³/mol. The van der Waals surface area contributed by atoms with Crippen molar-refractivity contribution in [3.8, 4) is 0 Å². The van der Waals surface area contributed by atoms with Gasteiger partial charge in [-0.15, -0.1) is 0 Å². The van der Waals surface area contributed by atoms with Gasteiger partial charge in [-0.25, -0.2) is 0 Å². The Morgan fingerprint density at radius 1 is 1.00 bits per heavy atom. The molecule has 1 rings (SSSR count). The van der Waals surface area contributed by atoms with Crippen molar-refractivity contribution in [2.75, 3.05) is 0 Å². The molecular weight excluding hydrogens is 168 g/mol. The van der Waals surface area contributed by atoms with Crippen LogP contribution in [0.3, 0.4) is 0 Å². The number of hydrogen-bond donors (Lipinski definition) is 0. The lowest BCUT2D eigenvalue weighted by molar-refractivity contribution is 0.556. The number of rotatable bonds is 5. The smallest absolute Gasteiger partial charge is 0.0279 e. The molecule has 1 aromatic carbocycles. The van der Waals surface area contributed by atoms with E-state index in [9.17, 15) is 0 Å². The second kappa shape index (κ2) is 5.85. The van der Waals surface area contributed by atoms with Crippen LogP contribution in [0.15, 0.2) is 24.3 Å². The Hall–Kier alpha value is -0.780. The largest absolute Gasteiger partial charge is 0.0628 e. The lowest BCUT2D eigenvalue weighted by atomic mass is 10.0. The van der Waals surface area contributed by atoms with Crippen molar-refractivity contribution in [2.24, 2.45) is 5.92 Å². The second-order valence-electron chi connectivity index (χ2n) is 4.46. The standard InChI is InChI=1S/C14H22/c1-4-13-8-10-14(11-9-13)7-5-6-12(2)3/h8-12H,4-7H2,1-3H3. The minimum Gasteiger partial charge on any atom is -0.0628 e. The molecule has 14 heavy (non-hydrogen) atoms. The second-order valence-corrected chi connectivity index (χ2v) is 4.46. The molecule has 0 saturated carbocycles. The third kappa shape index (κ3) is 3.95. The van der Waals surface area contributed by atoms with Crippen LogP contribution >= 0.6 is 0 Å². The molecule has 0 bridgehead atoms. The van der Waals surface area contributed by atoms with E-state index in [2.05, 4.69) is 45.0 Å². The average Bonchev–Trinajstić information content (AvgIpc) is 2.18. The molecule has 0 unspecified atom stereocenters. The van der Waals surface area contributed by atoms with Crippen LogP contribution in [0, 0.1) is 5.92 Å². The molecule has 0 atom stereocenters. The predicted octanol–water partition coefficient (Wildman–Crippen LogP) is 4.23. The van der Waals surface area contributed by atoms with Gasteiger partial charge in [0.15, 0.2) is 0 Å². The summed E-state index contributed by atoms with van der Waals surface area (Å²) in [6.07, 6.45) is 5.05. The highest BCUT2D eigenvalue weighted by Gasteiger charge is 1.96. The zero-order chi connectivity index (χ0) is 10.4. The molecule has 1 aromatic rings. The molecular formula is C14H22. The van der Waals surface area contributed by atoms with Crippen molar-refractivity contribution in [2.45, 2.75) is 46.5 Å². The zero-order valence-electron chi connectivity index (χ0n) is 9.72. The maximum absolute atomic E-state index is 2.29. The fraction of sp³-hybridized carbons (Fsp3) is 0.571. The highest BCUT2D eigenvalue weighted by molar-refractivity contribution is 5.22. The Balaban J connectivity index is 2.36. The fourth-order valence-electron chi connectivity index (χ4n) is 1.66. The molecule has 0 N–H and O–H groups in total. The van der Waals surface area contributed by atoms with Crippen LogP contribution in [-0.4, -0.2) is 0 Å². The topological polar surface area (TPSA) is 0 Å². The Morgan fingerprint density at radius 3 is 2.07 bits per heavy atom. The van der Waals surface area contributed by atoms with Crippen molar-refractivity contribution < 1.29 is 0 Å². The molecule has 0 fully saturated rings. The lowest BCUT2D eigenvalue weighted by Gasteiger charge is -2.05. The van der Waals surface area contributed by atoms with Crippen molar-refractivity contribution in [1.29, 1.82) is 0 Å². The Labute approximate surface area is 88.4 Å². The monoisotopic (exact) mass is 190 g/mol. The first-order valence-corrected chi connectivity index (χ1v) is 5.80. The molecule has 0 heteroatoms. The molecule has 0 radical (unpaired) electrons. The summed E-state index contributed by atoms with van der Waals surface area (Å²) < 4.78 is 0. The summed E-state index contributed by atoms with van der Waals surface area (Å²) in [4.78, 5) is 0. The molecule has 0 saturated heterocycles. The van der Waals surface area contributed by atoms with Crippen molar-refractivity contribution >= 4 is 0 Å². The normalized spacial score (nSPS) is 10.9.